The lowest BCUT2D eigenvalue weighted by molar-refractivity contribution is -0.139. The van der Waals surface area contributed by atoms with E-state index in [1.54, 1.807) is 38.2 Å². The van der Waals surface area contributed by atoms with Gasteiger partial charge in [0.15, 0.2) is 6.10 Å². The van der Waals surface area contributed by atoms with Gasteiger partial charge in [-0.1, -0.05) is 12.1 Å². The number of hydrogen-bond acceptors (Lipinski definition) is 4. The molecule has 2 aromatic rings. The van der Waals surface area contributed by atoms with E-state index in [1.807, 2.05) is 38.1 Å². The molecule has 1 N–H and O–H groups in total. The molecular formula is C21H23N3O3. The summed E-state index contributed by atoms with van der Waals surface area (Å²) in [5.74, 6) is -0.0938. The lowest BCUT2D eigenvalue weighted by Gasteiger charge is -2.22. The van der Waals surface area contributed by atoms with Gasteiger partial charge in [-0.25, -0.2) is 0 Å². The van der Waals surface area contributed by atoms with Crippen LogP contribution in [0.1, 0.15) is 23.6 Å². The van der Waals surface area contributed by atoms with Crippen LogP contribution in [0.25, 0.3) is 0 Å². The quantitative estimate of drug-likeness (QED) is 0.853. The molecule has 1 unspecified atom stereocenters. The molecule has 6 nitrogen and oxygen atoms in total. The summed E-state index contributed by atoms with van der Waals surface area (Å²) in [6, 6.07) is 14.2. The van der Waals surface area contributed by atoms with Gasteiger partial charge in [-0.15, -0.1) is 0 Å². The Balaban J connectivity index is 1.92. The van der Waals surface area contributed by atoms with Gasteiger partial charge in [0.25, 0.3) is 5.91 Å². The maximum atomic E-state index is 12.4. The van der Waals surface area contributed by atoms with Crippen LogP contribution in [0.2, 0.25) is 0 Å². The fourth-order valence-corrected chi connectivity index (χ4v) is 2.54. The minimum absolute atomic E-state index is 0.0761. The lowest BCUT2D eigenvalue weighted by Crippen LogP contribution is -2.42. The molecule has 140 valence electrons. The highest BCUT2D eigenvalue weighted by atomic mass is 16.5. The molecule has 0 heterocycles. The van der Waals surface area contributed by atoms with Crippen LogP contribution < -0.4 is 10.1 Å². The third kappa shape index (κ3) is 5.32. The molecule has 0 spiro atoms. The highest BCUT2D eigenvalue weighted by Gasteiger charge is 2.21. The van der Waals surface area contributed by atoms with Crippen LogP contribution in [0.15, 0.2) is 42.5 Å². The Morgan fingerprint density at radius 3 is 2.48 bits per heavy atom. The largest absolute Gasteiger partial charge is 0.481 e. The van der Waals surface area contributed by atoms with E-state index in [0.29, 0.717) is 11.3 Å². The minimum Gasteiger partial charge on any atom is -0.481 e. The van der Waals surface area contributed by atoms with E-state index in [9.17, 15) is 9.59 Å². The Kier molecular flexibility index (Phi) is 6.56. The summed E-state index contributed by atoms with van der Waals surface area (Å²) in [6.07, 6.45) is -0.753. The number of amides is 2. The van der Waals surface area contributed by atoms with Crippen LogP contribution >= 0.6 is 0 Å². The van der Waals surface area contributed by atoms with Gasteiger partial charge in [-0.05, 0) is 62.2 Å². The summed E-state index contributed by atoms with van der Waals surface area (Å²) in [6.45, 7) is 5.46. The molecule has 0 saturated carbocycles. The SMILES string of the molecule is Cc1cccc(NC(=O)CN(C)C(=O)C(C)Oc2ccc(C#N)cc2)c1C. The first-order valence-electron chi connectivity index (χ1n) is 8.59. The maximum Gasteiger partial charge on any atom is 0.263 e. The molecule has 0 aliphatic rings. The van der Waals surface area contributed by atoms with Crippen LogP contribution in [0.5, 0.6) is 5.75 Å². The number of benzene rings is 2. The predicted octanol–water partition coefficient (Wildman–Crippen LogP) is 3.04. The summed E-state index contributed by atoms with van der Waals surface area (Å²) < 4.78 is 5.60. The van der Waals surface area contributed by atoms with Crippen LogP contribution in [0.3, 0.4) is 0 Å². The summed E-state index contributed by atoms with van der Waals surface area (Å²) in [7, 11) is 1.56. The van der Waals surface area contributed by atoms with Crippen molar-refractivity contribution in [3.63, 3.8) is 0 Å². The molecule has 0 saturated heterocycles. The van der Waals surface area contributed by atoms with Crippen molar-refractivity contribution in [1.29, 1.82) is 5.26 Å². The average molecular weight is 365 g/mol. The second kappa shape index (κ2) is 8.86. The lowest BCUT2D eigenvalue weighted by atomic mass is 10.1. The Morgan fingerprint density at radius 1 is 1.19 bits per heavy atom. The van der Waals surface area contributed by atoms with Gasteiger partial charge in [0.2, 0.25) is 5.91 Å². The van der Waals surface area contributed by atoms with E-state index in [1.165, 1.54) is 4.90 Å². The summed E-state index contributed by atoms with van der Waals surface area (Å²) in [5.41, 5.74) is 3.34. The zero-order chi connectivity index (χ0) is 20.0. The minimum atomic E-state index is -0.753. The van der Waals surface area contributed by atoms with Crippen LogP contribution in [-0.4, -0.2) is 36.4 Å². The molecule has 1 atom stereocenters. The summed E-state index contributed by atoms with van der Waals surface area (Å²) >= 11 is 0. The summed E-state index contributed by atoms with van der Waals surface area (Å²) in [5, 5.41) is 11.6. The molecule has 0 bridgehead atoms. The fourth-order valence-electron chi connectivity index (χ4n) is 2.54. The summed E-state index contributed by atoms with van der Waals surface area (Å²) in [4.78, 5) is 26.0. The second-order valence-electron chi connectivity index (χ2n) is 6.39. The van der Waals surface area contributed by atoms with E-state index in [-0.39, 0.29) is 18.4 Å². The van der Waals surface area contributed by atoms with Crippen LogP contribution in [0.4, 0.5) is 5.69 Å². The Hall–Kier alpha value is -3.33. The number of carbonyl (C=O) groups excluding carboxylic acids is 2. The van der Waals surface area contributed by atoms with Crippen molar-refractivity contribution < 1.29 is 14.3 Å². The molecule has 2 aromatic carbocycles. The predicted molar refractivity (Wildman–Crippen MR) is 103 cm³/mol. The number of hydrogen-bond donors (Lipinski definition) is 1. The average Bonchev–Trinajstić information content (AvgIpc) is 2.65. The van der Waals surface area contributed by atoms with E-state index >= 15 is 0 Å². The molecule has 27 heavy (non-hydrogen) atoms. The molecule has 6 heteroatoms. The van der Waals surface area contributed by atoms with E-state index < -0.39 is 6.10 Å². The van der Waals surface area contributed by atoms with Crippen molar-refractivity contribution in [3.8, 4) is 11.8 Å². The van der Waals surface area contributed by atoms with Crippen molar-refractivity contribution >= 4 is 17.5 Å². The van der Waals surface area contributed by atoms with Gasteiger partial charge >= 0.3 is 0 Å². The number of rotatable bonds is 6. The molecule has 0 aromatic heterocycles. The van der Waals surface area contributed by atoms with Gasteiger partial charge in [-0.3, -0.25) is 9.59 Å². The monoisotopic (exact) mass is 365 g/mol. The van der Waals surface area contributed by atoms with Crippen LogP contribution in [0, 0.1) is 25.2 Å². The van der Waals surface area contributed by atoms with Crippen molar-refractivity contribution in [3.05, 3.63) is 59.2 Å². The fraction of sp³-hybridized carbons (Fsp3) is 0.286. The number of nitrogens with one attached hydrogen (secondary N) is 1. The third-order valence-electron chi connectivity index (χ3n) is 4.28. The number of aryl methyl sites for hydroxylation is 1. The first-order valence-corrected chi connectivity index (χ1v) is 8.59. The molecule has 2 rings (SSSR count). The van der Waals surface area contributed by atoms with E-state index in [4.69, 9.17) is 10.00 Å². The van der Waals surface area contributed by atoms with Crippen molar-refractivity contribution in [2.45, 2.75) is 26.9 Å². The van der Waals surface area contributed by atoms with Crippen molar-refractivity contribution in [1.82, 2.24) is 4.90 Å². The molecule has 0 fully saturated rings. The molecular weight excluding hydrogens is 342 g/mol. The number of anilines is 1. The number of carbonyl (C=O) groups is 2. The smallest absolute Gasteiger partial charge is 0.263 e. The Labute approximate surface area is 159 Å². The van der Waals surface area contributed by atoms with Gasteiger partial charge < -0.3 is 15.0 Å². The van der Waals surface area contributed by atoms with Crippen molar-refractivity contribution in [2.24, 2.45) is 0 Å². The topological polar surface area (TPSA) is 82.4 Å². The highest BCUT2D eigenvalue weighted by molar-refractivity contribution is 5.95. The van der Waals surface area contributed by atoms with Gasteiger partial charge in [0, 0.05) is 12.7 Å². The van der Waals surface area contributed by atoms with Gasteiger partial charge in [-0.2, -0.15) is 5.26 Å². The zero-order valence-corrected chi connectivity index (χ0v) is 15.9. The normalized spacial score (nSPS) is 11.2. The molecule has 0 radical (unpaired) electrons. The van der Waals surface area contributed by atoms with E-state index in [2.05, 4.69) is 5.32 Å². The number of likely N-dealkylation sites (N-methyl/N-ethyl adjacent to an activating group) is 1. The first kappa shape index (κ1) is 20.0. The van der Waals surface area contributed by atoms with Gasteiger partial charge in [0.1, 0.15) is 5.75 Å². The standard InChI is InChI=1S/C21H23N3O3/c1-14-6-5-7-19(15(14)2)23-20(25)13-24(4)21(26)16(3)27-18-10-8-17(12-22)9-11-18/h5-11,16H,13H2,1-4H3,(H,23,25). The number of ether oxygens (including phenoxy) is 1. The number of nitrogens with zero attached hydrogens (tertiary/aromatic N) is 2. The Morgan fingerprint density at radius 2 is 1.85 bits per heavy atom. The third-order valence-corrected chi connectivity index (χ3v) is 4.28. The zero-order valence-electron chi connectivity index (χ0n) is 15.9. The maximum absolute atomic E-state index is 12.4. The molecule has 0 aliphatic heterocycles. The first-order chi connectivity index (χ1) is 12.8. The second-order valence-corrected chi connectivity index (χ2v) is 6.39. The Bertz CT molecular complexity index is 869. The van der Waals surface area contributed by atoms with Crippen molar-refractivity contribution in [2.75, 3.05) is 18.9 Å². The van der Waals surface area contributed by atoms with E-state index in [0.717, 1.165) is 16.8 Å². The van der Waals surface area contributed by atoms with Gasteiger partial charge in [0.05, 0.1) is 18.2 Å². The van der Waals surface area contributed by atoms with Crippen LogP contribution in [-0.2, 0) is 9.59 Å². The highest BCUT2D eigenvalue weighted by Crippen LogP contribution is 2.18. The molecule has 2 amide bonds. The molecule has 0 aliphatic carbocycles. The number of nitriles is 1.